The zero-order chi connectivity index (χ0) is 25.8. The third-order valence-corrected chi connectivity index (χ3v) is 7.65. The van der Waals surface area contributed by atoms with Gasteiger partial charge in [-0.05, 0) is 49.1 Å². The quantitative estimate of drug-likeness (QED) is 0.301. The minimum atomic E-state index is -0.464. The number of aryl methyl sites for hydroxylation is 1. The topological polar surface area (TPSA) is 111 Å². The molecule has 4 aromatic rings. The van der Waals surface area contributed by atoms with Crippen molar-refractivity contribution in [2.45, 2.75) is 44.7 Å². The number of amides is 1. The van der Waals surface area contributed by atoms with E-state index in [9.17, 15) is 24.8 Å². The van der Waals surface area contributed by atoms with Gasteiger partial charge in [0.05, 0.1) is 28.1 Å². The largest absolute Gasteiger partial charge is 0.493 e. The number of carbonyl (C=O) groups is 1. The van der Waals surface area contributed by atoms with Crippen molar-refractivity contribution in [3.05, 3.63) is 98.1 Å². The zero-order valence-corrected chi connectivity index (χ0v) is 20.3. The molecule has 9 nitrogen and oxygen atoms in total. The summed E-state index contributed by atoms with van der Waals surface area (Å²) in [6.07, 6.45) is 3.75. The number of hydrogen-bond acceptors (Lipinski definition) is 5. The average molecular weight is 499 g/mol. The molecule has 2 aliphatic heterocycles. The fraction of sp³-hybridized carbons (Fsp3) is 0.286. The number of fused-ring (bicyclic) bond motifs is 6. The number of non-ortho nitro benzene ring substituents is 1. The molecule has 1 aromatic heterocycles. The molecular weight excluding hydrogens is 472 g/mol. The van der Waals surface area contributed by atoms with Gasteiger partial charge in [-0.2, -0.15) is 0 Å². The van der Waals surface area contributed by atoms with Gasteiger partial charge < -0.3 is 10.0 Å². The van der Waals surface area contributed by atoms with E-state index < -0.39 is 16.7 Å². The van der Waals surface area contributed by atoms with Gasteiger partial charge in [-0.15, -0.1) is 0 Å². The van der Waals surface area contributed by atoms with Crippen LogP contribution in [0.25, 0.3) is 16.5 Å². The number of unbranched alkanes of at least 4 members (excludes halogenated alkanes) is 1. The van der Waals surface area contributed by atoms with Crippen LogP contribution in [-0.4, -0.2) is 36.5 Å². The second kappa shape index (κ2) is 8.62. The lowest BCUT2D eigenvalue weighted by Gasteiger charge is -2.27. The van der Waals surface area contributed by atoms with Crippen LogP contribution in [0.15, 0.2) is 65.5 Å². The summed E-state index contributed by atoms with van der Waals surface area (Å²) >= 11 is 0. The van der Waals surface area contributed by atoms with Crippen molar-refractivity contribution in [1.29, 1.82) is 0 Å². The van der Waals surface area contributed by atoms with Gasteiger partial charge in [0.15, 0.2) is 0 Å². The van der Waals surface area contributed by atoms with Crippen LogP contribution < -0.4 is 5.69 Å². The van der Waals surface area contributed by atoms with Gasteiger partial charge in [0.1, 0.15) is 5.69 Å². The Hall–Kier alpha value is -4.40. The molecule has 0 aliphatic carbocycles. The van der Waals surface area contributed by atoms with Crippen molar-refractivity contribution < 1.29 is 14.8 Å². The number of imidazole rings is 1. The van der Waals surface area contributed by atoms with E-state index in [2.05, 4.69) is 6.92 Å². The number of nitro benzene ring substituents is 1. The maximum atomic E-state index is 13.5. The number of nitro groups is 1. The van der Waals surface area contributed by atoms with Crippen LogP contribution in [0.5, 0.6) is 5.88 Å². The molecule has 1 saturated heterocycles. The Morgan fingerprint density at radius 3 is 2.51 bits per heavy atom. The predicted molar refractivity (Wildman–Crippen MR) is 138 cm³/mol. The molecule has 1 fully saturated rings. The lowest BCUT2D eigenvalue weighted by Crippen LogP contribution is -2.37. The van der Waals surface area contributed by atoms with Gasteiger partial charge in [0, 0.05) is 23.6 Å². The molecule has 1 amide bonds. The van der Waals surface area contributed by atoms with Crippen molar-refractivity contribution in [3.63, 3.8) is 0 Å². The minimum Gasteiger partial charge on any atom is -0.493 e. The van der Waals surface area contributed by atoms with Crippen LogP contribution in [-0.2, 0) is 6.42 Å². The van der Waals surface area contributed by atoms with Crippen LogP contribution >= 0.6 is 0 Å². The molecule has 2 aliphatic rings. The van der Waals surface area contributed by atoms with Crippen LogP contribution in [0, 0.1) is 10.1 Å². The fourth-order valence-corrected chi connectivity index (χ4v) is 5.87. The molecule has 3 aromatic carbocycles. The van der Waals surface area contributed by atoms with Crippen molar-refractivity contribution >= 4 is 22.4 Å². The van der Waals surface area contributed by atoms with Gasteiger partial charge in [0.2, 0.25) is 5.88 Å². The molecule has 0 saturated carbocycles. The number of nitrogens with zero attached hydrogens (tertiary/aromatic N) is 4. The van der Waals surface area contributed by atoms with E-state index in [0.29, 0.717) is 40.7 Å². The number of likely N-dealkylation sites (tertiary alicyclic amines) is 1. The summed E-state index contributed by atoms with van der Waals surface area (Å²) in [7, 11) is 0. The number of carbonyl (C=O) groups excluding carboxylic acids is 1. The molecule has 6 rings (SSSR count). The Kier molecular flexibility index (Phi) is 5.36. The first-order chi connectivity index (χ1) is 17.9. The van der Waals surface area contributed by atoms with Crippen molar-refractivity contribution in [1.82, 2.24) is 14.0 Å². The summed E-state index contributed by atoms with van der Waals surface area (Å²) in [5.74, 6) is -0.356. The van der Waals surface area contributed by atoms with Gasteiger partial charge in [0.25, 0.3) is 11.6 Å². The summed E-state index contributed by atoms with van der Waals surface area (Å²) in [5.41, 5.74) is 2.08. The summed E-state index contributed by atoms with van der Waals surface area (Å²) in [6, 6.07) is 16.6. The number of aromatic hydroxyl groups is 1. The summed E-state index contributed by atoms with van der Waals surface area (Å²) in [5, 5.41) is 23.7. The normalized spacial score (nSPS) is 17.9. The van der Waals surface area contributed by atoms with Crippen molar-refractivity contribution in [2.75, 3.05) is 6.54 Å². The predicted octanol–water partition coefficient (Wildman–Crippen LogP) is 4.89. The molecular formula is C28H26N4O5. The maximum Gasteiger partial charge on any atom is 0.336 e. The molecule has 9 heteroatoms. The third-order valence-electron chi connectivity index (χ3n) is 7.65. The van der Waals surface area contributed by atoms with Crippen LogP contribution in [0.4, 0.5) is 5.69 Å². The van der Waals surface area contributed by atoms with E-state index in [1.54, 1.807) is 33.7 Å². The second-order valence-electron chi connectivity index (χ2n) is 9.77. The standard InChI is InChI=1S/C28H26N4O5/c1-2-3-6-17-9-11-18(12-10-17)26(33)29-16-19-15-24(29)25-27(34)31(28(35)30(19)25)22-13-14-23(32(36)37)21-8-5-4-7-20(21)22/h4-5,7-14,19,24,34H,2-3,6,15-16H2,1H3/t19-,24-/m0/s1. The van der Waals surface area contributed by atoms with Crippen molar-refractivity contribution in [3.8, 4) is 11.6 Å². The number of rotatable bonds is 6. The summed E-state index contributed by atoms with van der Waals surface area (Å²) in [6.45, 7) is 2.53. The molecule has 3 heterocycles. The molecule has 188 valence electrons. The Balaban J connectivity index is 1.38. The van der Waals surface area contributed by atoms with Gasteiger partial charge in [-0.3, -0.25) is 19.5 Å². The highest BCUT2D eigenvalue weighted by atomic mass is 16.6. The number of aromatic nitrogens is 2. The maximum absolute atomic E-state index is 13.5. The van der Waals surface area contributed by atoms with Crippen LogP contribution in [0.1, 0.15) is 59.9 Å². The molecule has 37 heavy (non-hydrogen) atoms. The first-order valence-corrected chi connectivity index (χ1v) is 12.5. The van der Waals surface area contributed by atoms with Gasteiger partial charge in [-0.1, -0.05) is 43.7 Å². The molecule has 2 atom stereocenters. The molecule has 2 bridgehead atoms. The van der Waals surface area contributed by atoms with Gasteiger partial charge >= 0.3 is 5.69 Å². The smallest absolute Gasteiger partial charge is 0.336 e. The first-order valence-electron chi connectivity index (χ1n) is 12.5. The Morgan fingerprint density at radius 1 is 1.08 bits per heavy atom. The zero-order valence-electron chi connectivity index (χ0n) is 20.3. The van der Waals surface area contributed by atoms with Crippen molar-refractivity contribution in [2.24, 2.45) is 0 Å². The van der Waals surface area contributed by atoms with Crippen LogP contribution in [0.2, 0.25) is 0 Å². The first kappa shape index (κ1) is 23.0. The van der Waals surface area contributed by atoms with Crippen LogP contribution in [0.3, 0.4) is 0 Å². The Bertz CT molecular complexity index is 1620. The second-order valence-corrected chi connectivity index (χ2v) is 9.77. The number of benzene rings is 3. The highest BCUT2D eigenvalue weighted by Gasteiger charge is 2.49. The lowest BCUT2D eigenvalue weighted by molar-refractivity contribution is -0.383. The third kappa shape index (κ3) is 3.45. The summed E-state index contributed by atoms with van der Waals surface area (Å²) < 4.78 is 2.78. The van der Waals surface area contributed by atoms with E-state index in [1.807, 2.05) is 24.3 Å². The SMILES string of the molecule is CCCCc1ccc(C(=O)N2C[C@@H]3C[C@H]2c2c(O)n(-c4ccc([N+](=O)[O-])c5ccccc45)c(=O)n23)cc1. The highest BCUT2D eigenvalue weighted by molar-refractivity contribution is 5.97. The van der Waals surface area contributed by atoms with E-state index in [1.165, 1.54) is 22.3 Å². The average Bonchev–Trinajstić information content (AvgIpc) is 3.58. The molecule has 1 N–H and O–H groups in total. The van der Waals surface area contributed by atoms with Gasteiger partial charge in [-0.25, -0.2) is 9.36 Å². The Morgan fingerprint density at radius 2 is 1.81 bits per heavy atom. The molecule has 0 radical (unpaired) electrons. The molecule has 0 spiro atoms. The molecule has 0 unspecified atom stereocenters. The monoisotopic (exact) mass is 498 g/mol. The Labute approximate surface area is 212 Å². The van der Waals surface area contributed by atoms with E-state index in [0.717, 1.165) is 19.3 Å². The minimum absolute atomic E-state index is 0.0730. The number of hydrogen-bond donors (Lipinski definition) is 1. The fourth-order valence-electron chi connectivity index (χ4n) is 5.87. The summed E-state index contributed by atoms with van der Waals surface area (Å²) in [4.78, 5) is 39.7. The van der Waals surface area contributed by atoms with E-state index >= 15 is 0 Å². The van der Waals surface area contributed by atoms with E-state index in [-0.39, 0.29) is 23.5 Å². The highest BCUT2D eigenvalue weighted by Crippen LogP contribution is 2.49. The van der Waals surface area contributed by atoms with E-state index in [4.69, 9.17) is 0 Å². The lowest BCUT2D eigenvalue weighted by atomic mass is 10.1.